The Bertz CT molecular complexity index is 2010. The molecule has 0 aromatic heterocycles. The summed E-state index contributed by atoms with van der Waals surface area (Å²) in [6.45, 7) is 0.510. The molecule has 0 radical (unpaired) electrons. The molecule has 0 heterocycles. The third kappa shape index (κ3) is 14.9. The van der Waals surface area contributed by atoms with E-state index in [1.54, 1.807) is 0 Å². The molecule has 14 heteroatoms. The van der Waals surface area contributed by atoms with Crippen molar-refractivity contribution in [3.05, 3.63) is 119 Å². The molecule has 0 spiro atoms. The quantitative estimate of drug-likeness (QED) is 0.0321. The largest absolute Gasteiger partial charge is 0.370 e. The Balaban J connectivity index is 1.52. The number of hydrogen-bond donors (Lipinski definition) is 7. The van der Waals surface area contributed by atoms with E-state index in [2.05, 4.69) is 31.2 Å². The average molecular weight is 853 g/mol. The highest BCUT2D eigenvalue weighted by molar-refractivity contribution is 9.10. The van der Waals surface area contributed by atoms with E-state index in [1.807, 2.05) is 103 Å². The van der Waals surface area contributed by atoms with Crippen LogP contribution in [0.5, 0.6) is 0 Å². The van der Waals surface area contributed by atoms with Crippen molar-refractivity contribution in [3.63, 3.8) is 0 Å². The van der Waals surface area contributed by atoms with Gasteiger partial charge in [0, 0.05) is 42.2 Å². The second-order valence-corrected chi connectivity index (χ2v) is 15.3. The van der Waals surface area contributed by atoms with Gasteiger partial charge in [0.2, 0.25) is 11.8 Å². The van der Waals surface area contributed by atoms with Gasteiger partial charge in [0.15, 0.2) is 23.5 Å². The van der Waals surface area contributed by atoms with E-state index >= 15 is 0 Å². The maximum Gasteiger partial charge on any atom is 0.224 e. The van der Waals surface area contributed by atoms with Crippen LogP contribution in [0.3, 0.4) is 0 Å². The molecular formula is C44H54BrN9O4. The summed E-state index contributed by atoms with van der Waals surface area (Å²) in [6.07, 6.45) is 1.41. The van der Waals surface area contributed by atoms with Gasteiger partial charge >= 0.3 is 0 Å². The van der Waals surface area contributed by atoms with Crippen molar-refractivity contribution in [2.45, 2.75) is 63.5 Å². The summed E-state index contributed by atoms with van der Waals surface area (Å²) in [7, 11) is 0. The monoisotopic (exact) mass is 851 g/mol. The molecule has 0 fully saturated rings. The number of primary amides is 1. The predicted molar refractivity (Wildman–Crippen MR) is 234 cm³/mol. The van der Waals surface area contributed by atoms with Crippen molar-refractivity contribution < 1.29 is 19.2 Å². The molecule has 58 heavy (non-hydrogen) atoms. The van der Waals surface area contributed by atoms with Crippen molar-refractivity contribution in [2.24, 2.45) is 56.2 Å². The zero-order valence-corrected chi connectivity index (χ0v) is 34.2. The topological polar surface area (TPSA) is 261 Å². The zero-order valence-electron chi connectivity index (χ0n) is 32.6. The zero-order chi connectivity index (χ0) is 42.0. The van der Waals surface area contributed by atoms with Gasteiger partial charge in [0.1, 0.15) is 0 Å². The highest BCUT2D eigenvalue weighted by Crippen LogP contribution is 2.24. The molecule has 306 valence electrons. The summed E-state index contributed by atoms with van der Waals surface area (Å²) in [5.41, 5.74) is 39.9. The maximum atomic E-state index is 14.1. The molecule has 4 aromatic rings. The minimum absolute atomic E-state index is 0.0775. The van der Waals surface area contributed by atoms with Gasteiger partial charge in [0.25, 0.3) is 0 Å². The predicted octanol–water partition coefficient (Wildman–Crippen LogP) is 4.12. The van der Waals surface area contributed by atoms with Crippen molar-refractivity contribution in [2.75, 3.05) is 13.1 Å². The second-order valence-electron chi connectivity index (χ2n) is 14.4. The van der Waals surface area contributed by atoms with Crippen LogP contribution in [0.25, 0.3) is 22.3 Å². The van der Waals surface area contributed by atoms with Gasteiger partial charge < -0.3 is 39.7 Å². The van der Waals surface area contributed by atoms with E-state index in [9.17, 15) is 19.2 Å². The van der Waals surface area contributed by atoms with Crippen molar-refractivity contribution in [1.82, 2.24) is 5.32 Å². The Labute approximate surface area is 348 Å². The molecule has 0 aliphatic heterocycles. The number of carbonyl (C=O) groups is 4. The lowest BCUT2D eigenvalue weighted by atomic mass is 9.89. The summed E-state index contributed by atoms with van der Waals surface area (Å²) >= 11 is 3.46. The Morgan fingerprint density at radius 3 is 1.52 bits per heavy atom. The number of hydrogen-bond acceptors (Lipinski definition) is 7. The van der Waals surface area contributed by atoms with Crippen LogP contribution in [0.1, 0.15) is 49.7 Å². The first-order valence-corrected chi connectivity index (χ1v) is 20.1. The molecule has 4 rings (SSSR count). The summed E-state index contributed by atoms with van der Waals surface area (Å²) in [5, 5.41) is 2.93. The first-order valence-electron chi connectivity index (χ1n) is 19.3. The van der Waals surface area contributed by atoms with Gasteiger partial charge in [-0.3, -0.25) is 29.2 Å². The molecule has 0 saturated heterocycles. The normalized spacial score (nSPS) is 13.0. The number of aliphatic imine (C=N–C) groups is 2. The standard InChI is InChI=1S/C44H54BrN9O4/c45-36-20-18-33(19-21-36)32-14-10-28(11-15-32)24-37(46)39(55)27-35(9-5-23-53-44(50)51)42(58)54-38(40(56)26-34(41(47)57)8-4-22-52-43(48)49)25-29-12-16-31(17-13-29)30-6-2-1-3-7-30/h1-3,6-7,10-21,34-35,37-38H,4-5,8-9,22-27,46H2,(H2,47,57)(H,54,58)(H4,48,49,52)(H4,50,51,53)/t34-,35-,37+,38+/m1/s1. The highest BCUT2D eigenvalue weighted by atomic mass is 79.9. The minimum atomic E-state index is -1.03. The first-order chi connectivity index (χ1) is 27.8. The molecule has 2 amide bonds. The Kier molecular flexibility index (Phi) is 17.6. The fraction of sp³-hybridized carbons (Fsp3) is 0.318. The number of amides is 2. The van der Waals surface area contributed by atoms with Gasteiger partial charge in [-0.05, 0) is 84.0 Å². The number of carbonyl (C=O) groups excluding carboxylic acids is 4. The van der Waals surface area contributed by atoms with E-state index in [0.717, 1.165) is 37.9 Å². The first kappa shape index (κ1) is 44.8. The molecule has 0 aliphatic rings. The van der Waals surface area contributed by atoms with Gasteiger partial charge in [0.05, 0.1) is 12.1 Å². The summed E-state index contributed by atoms with van der Waals surface area (Å²) in [4.78, 5) is 62.3. The van der Waals surface area contributed by atoms with E-state index in [4.69, 9.17) is 34.4 Å². The lowest BCUT2D eigenvalue weighted by Gasteiger charge is -2.24. The van der Waals surface area contributed by atoms with Crippen LogP contribution >= 0.6 is 15.9 Å². The van der Waals surface area contributed by atoms with Crippen LogP contribution in [0.4, 0.5) is 0 Å². The Morgan fingerprint density at radius 2 is 1.02 bits per heavy atom. The van der Waals surface area contributed by atoms with Gasteiger partial charge in [-0.2, -0.15) is 0 Å². The van der Waals surface area contributed by atoms with Crippen LogP contribution < -0.4 is 39.7 Å². The average Bonchev–Trinajstić information content (AvgIpc) is 3.20. The van der Waals surface area contributed by atoms with Crippen LogP contribution in [-0.4, -0.2) is 60.5 Å². The van der Waals surface area contributed by atoms with Gasteiger partial charge in [-0.25, -0.2) is 0 Å². The van der Waals surface area contributed by atoms with Crippen molar-refractivity contribution in [3.8, 4) is 22.3 Å². The number of benzene rings is 4. The number of nitrogens with one attached hydrogen (secondary N) is 1. The molecule has 13 N–H and O–H groups in total. The minimum Gasteiger partial charge on any atom is -0.370 e. The van der Waals surface area contributed by atoms with E-state index in [1.165, 1.54) is 0 Å². The van der Waals surface area contributed by atoms with Crippen LogP contribution in [-0.2, 0) is 32.0 Å². The lowest BCUT2D eigenvalue weighted by Crippen LogP contribution is -2.47. The van der Waals surface area contributed by atoms with Crippen LogP contribution in [0, 0.1) is 11.8 Å². The molecule has 0 aliphatic carbocycles. The van der Waals surface area contributed by atoms with Gasteiger partial charge in [-0.15, -0.1) is 0 Å². The highest BCUT2D eigenvalue weighted by Gasteiger charge is 2.31. The molecule has 13 nitrogen and oxygen atoms in total. The third-order valence-electron chi connectivity index (χ3n) is 9.89. The van der Waals surface area contributed by atoms with Crippen molar-refractivity contribution >= 4 is 51.2 Å². The summed E-state index contributed by atoms with van der Waals surface area (Å²) in [6, 6.07) is 31.5. The van der Waals surface area contributed by atoms with E-state index < -0.39 is 35.7 Å². The number of halogens is 1. The summed E-state index contributed by atoms with van der Waals surface area (Å²) < 4.78 is 0.987. The number of ketones is 2. The fourth-order valence-corrected chi connectivity index (χ4v) is 6.88. The molecule has 4 aromatic carbocycles. The number of nitrogens with two attached hydrogens (primary N) is 6. The molecule has 0 unspecified atom stereocenters. The Morgan fingerprint density at radius 1 is 0.569 bits per heavy atom. The number of Topliss-reactive ketones (excluding diaryl/α,β-unsaturated/α-hetero) is 2. The fourth-order valence-electron chi connectivity index (χ4n) is 6.62. The SMILES string of the molecule is NC(=O)[C@H](CCCN=C(N)N)CC(=O)[C@H](Cc1ccc(-c2ccccc2)cc1)NC(=O)[C@H](CCCN=C(N)N)CC(=O)[C@@H](N)Cc1ccc(-c2ccc(Br)cc2)cc1. The van der Waals surface area contributed by atoms with Crippen LogP contribution in [0.2, 0.25) is 0 Å². The third-order valence-corrected chi connectivity index (χ3v) is 10.4. The summed E-state index contributed by atoms with van der Waals surface area (Å²) in [5.74, 6) is -3.62. The molecule has 4 atom stereocenters. The Hall–Kier alpha value is -5.86. The van der Waals surface area contributed by atoms with Crippen molar-refractivity contribution in [1.29, 1.82) is 0 Å². The van der Waals surface area contributed by atoms with Crippen LogP contribution in [0.15, 0.2) is 118 Å². The number of nitrogens with zero attached hydrogens (tertiary/aromatic N) is 2. The smallest absolute Gasteiger partial charge is 0.224 e. The number of guanidine groups is 2. The molecule has 0 saturated carbocycles. The van der Waals surface area contributed by atoms with E-state index in [0.29, 0.717) is 12.8 Å². The van der Waals surface area contributed by atoms with E-state index in [-0.39, 0.29) is 75.1 Å². The molecule has 0 bridgehead atoms. The number of rotatable bonds is 23. The lowest BCUT2D eigenvalue weighted by molar-refractivity contribution is -0.134. The van der Waals surface area contributed by atoms with Gasteiger partial charge in [-0.1, -0.05) is 107 Å². The second kappa shape index (κ2) is 22.8. The maximum absolute atomic E-state index is 14.1. The molecular weight excluding hydrogens is 798 g/mol.